The van der Waals surface area contributed by atoms with E-state index in [0.29, 0.717) is 18.7 Å². The molecule has 1 atom stereocenters. The van der Waals surface area contributed by atoms with E-state index in [9.17, 15) is 13.6 Å². The van der Waals surface area contributed by atoms with Gasteiger partial charge in [-0.3, -0.25) is 9.48 Å². The molecule has 0 aliphatic rings. The van der Waals surface area contributed by atoms with Gasteiger partial charge in [0.25, 0.3) is 0 Å². The summed E-state index contributed by atoms with van der Waals surface area (Å²) in [4.78, 5) is 16.4. The lowest BCUT2D eigenvalue weighted by Gasteiger charge is -2.27. The third-order valence-corrected chi connectivity index (χ3v) is 3.77. The van der Waals surface area contributed by atoms with Crippen LogP contribution in [-0.4, -0.2) is 52.7 Å². The highest BCUT2D eigenvalue weighted by molar-refractivity contribution is 5.80. The predicted octanol–water partition coefficient (Wildman–Crippen LogP) is 2.31. The van der Waals surface area contributed by atoms with Gasteiger partial charge in [-0.05, 0) is 44.8 Å². The molecule has 0 spiro atoms. The van der Waals surface area contributed by atoms with E-state index in [1.807, 2.05) is 19.0 Å². The van der Waals surface area contributed by atoms with E-state index < -0.39 is 17.7 Å². The number of benzene rings is 1. The molecule has 0 aliphatic carbocycles. The van der Waals surface area contributed by atoms with Gasteiger partial charge in [0.1, 0.15) is 6.04 Å². The molecule has 5 nitrogen and oxygen atoms in total. The van der Waals surface area contributed by atoms with Gasteiger partial charge in [-0.15, -0.1) is 0 Å². The van der Waals surface area contributed by atoms with Crippen molar-refractivity contribution in [3.8, 4) is 0 Å². The van der Waals surface area contributed by atoms with Crippen LogP contribution in [0.5, 0.6) is 0 Å². The Morgan fingerprint density at radius 2 is 2.00 bits per heavy atom. The predicted molar refractivity (Wildman–Crippen MR) is 87.3 cm³/mol. The Kier molecular flexibility index (Phi) is 6.03. The second-order valence-electron chi connectivity index (χ2n) is 5.97. The van der Waals surface area contributed by atoms with E-state index in [1.165, 1.54) is 6.07 Å². The van der Waals surface area contributed by atoms with Crippen LogP contribution in [-0.2, 0) is 11.3 Å². The molecule has 7 heteroatoms. The third kappa shape index (κ3) is 4.61. The normalized spacial score (nSPS) is 12.4. The van der Waals surface area contributed by atoms with Crippen LogP contribution in [0.1, 0.15) is 18.5 Å². The molecular formula is C17H22F2N4O. The summed E-state index contributed by atoms with van der Waals surface area (Å²) in [7, 11) is 3.83. The number of nitrogens with zero attached hydrogens (tertiary/aromatic N) is 4. The first-order valence-electron chi connectivity index (χ1n) is 7.75. The molecule has 0 radical (unpaired) electrons. The Hall–Kier alpha value is -2.28. The number of rotatable bonds is 7. The lowest BCUT2D eigenvalue weighted by molar-refractivity contribution is -0.135. The summed E-state index contributed by atoms with van der Waals surface area (Å²) >= 11 is 0. The molecule has 0 saturated carbocycles. The largest absolute Gasteiger partial charge is 0.335 e. The molecule has 130 valence electrons. The summed E-state index contributed by atoms with van der Waals surface area (Å²) in [5.41, 5.74) is 0.550. The van der Waals surface area contributed by atoms with Crippen LogP contribution in [0, 0.1) is 11.6 Å². The molecule has 2 aromatic rings. The van der Waals surface area contributed by atoms with Gasteiger partial charge in [0, 0.05) is 32.0 Å². The number of carbonyl (C=O) groups excluding carboxylic acids is 1. The van der Waals surface area contributed by atoms with Gasteiger partial charge in [0.05, 0.1) is 0 Å². The fourth-order valence-electron chi connectivity index (χ4n) is 2.33. The van der Waals surface area contributed by atoms with Crippen molar-refractivity contribution in [1.29, 1.82) is 0 Å². The highest BCUT2D eigenvalue weighted by Gasteiger charge is 2.22. The summed E-state index contributed by atoms with van der Waals surface area (Å²) < 4.78 is 28.1. The van der Waals surface area contributed by atoms with E-state index >= 15 is 0 Å². The molecule has 1 aromatic carbocycles. The van der Waals surface area contributed by atoms with Crippen molar-refractivity contribution in [2.75, 3.05) is 27.2 Å². The van der Waals surface area contributed by atoms with Gasteiger partial charge in [0.15, 0.2) is 11.6 Å². The van der Waals surface area contributed by atoms with Gasteiger partial charge >= 0.3 is 0 Å². The van der Waals surface area contributed by atoms with Crippen LogP contribution in [0.4, 0.5) is 8.78 Å². The zero-order valence-electron chi connectivity index (χ0n) is 14.1. The van der Waals surface area contributed by atoms with Gasteiger partial charge < -0.3 is 9.80 Å². The van der Waals surface area contributed by atoms with Crippen LogP contribution in [0.25, 0.3) is 0 Å². The Morgan fingerprint density at radius 3 is 2.58 bits per heavy atom. The SMILES string of the molecule is C[C@@H](C(=O)N(CCN(C)C)Cc1ccc(F)c(F)c1)n1cccn1. The van der Waals surface area contributed by atoms with Crippen LogP contribution >= 0.6 is 0 Å². The topological polar surface area (TPSA) is 41.4 Å². The Balaban J connectivity index is 2.16. The van der Waals surface area contributed by atoms with Gasteiger partial charge in [-0.25, -0.2) is 8.78 Å². The van der Waals surface area contributed by atoms with E-state index in [-0.39, 0.29) is 12.5 Å². The van der Waals surface area contributed by atoms with Gasteiger partial charge in [-0.2, -0.15) is 5.10 Å². The van der Waals surface area contributed by atoms with Crippen LogP contribution < -0.4 is 0 Å². The van der Waals surface area contributed by atoms with Crippen molar-refractivity contribution < 1.29 is 13.6 Å². The van der Waals surface area contributed by atoms with Crippen molar-refractivity contribution in [3.05, 3.63) is 53.9 Å². The third-order valence-electron chi connectivity index (χ3n) is 3.77. The lowest BCUT2D eigenvalue weighted by atomic mass is 10.1. The highest BCUT2D eigenvalue weighted by Crippen LogP contribution is 2.15. The minimum atomic E-state index is -0.910. The van der Waals surface area contributed by atoms with Crippen molar-refractivity contribution in [2.24, 2.45) is 0 Å². The maximum absolute atomic E-state index is 13.4. The molecular weight excluding hydrogens is 314 g/mol. The zero-order chi connectivity index (χ0) is 17.7. The van der Waals surface area contributed by atoms with Crippen molar-refractivity contribution >= 4 is 5.91 Å². The Labute approximate surface area is 140 Å². The molecule has 0 N–H and O–H groups in total. The fraction of sp³-hybridized carbons (Fsp3) is 0.412. The number of aromatic nitrogens is 2. The molecule has 0 fully saturated rings. The number of hydrogen-bond acceptors (Lipinski definition) is 3. The summed E-state index contributed by atoms with van der Waals surface area (Å²) in [6.07, 6.45) is 3.34. The van der Waals surface area contributed by atoms with Crippen molar-refractivity contribution in [2.45, 2.75) is 19.5 Å². The highest BCUT2D eigenvalue weighted by atomic mass is 19.2. The molecule has 0 bridgehead atoms. The second kappa shape index (κ2) is 8.01. The molecule has 1 heterocycles. The van der Waals surface area contributed by atoms with E-state index in [0.717, 1.165) is 12.1 Å². The van der Waals surface area contributed by atoms with Gasteiger partial charge in [0.2, 0.25) is 5.91 Å². The molecule has 0 unspecified atom stereocenters. The second-order valence-corrected chi connectivity index (χ2v) is 5.97. The van der Waals surface area contributed by atoms with Crippen LogP contribution in [0.15, 0.2) is 36.7 Å². The summed E-state index contributed by atoms with van der Waals surface area (Å²) in [5, 5.41) is 4.10. The number of amides is 1. The quantitative estimate of drug-likeness (QED) is 0.779. The fourth-order valence-corrected chi connectivity index (χ4v) is 2.33. The first-order chi connectivity index (χ1) is 11.4. The zero-order valence-corrected chi connectivity index (χ0v) is 14.1. The lowest BCUT2D eigenvalue weighted by Crippen LogP contribution is -2.40. The maximum atomic E-state index is 13.4. The Bertz CT molecular complexity index is 673. The molecule has 2 rings (SSSR count). The summed E-state index contributed by atoms with van der Waals surface area (Å²) in [6, 6.07) is 4.99. The van der Waals surface area contributed by atoms with E-state index in [4.69, 9.17) is 0 Å². The molecule has 0 saturated heterocycles. The van der Waals surface area contributed by atoms with E-state index in [1.54, 1.807) is 35.0 Å². The average molecular weight is 336 g/mol. The summed E-state index contributed by atoms with van der Waals surface area (Å²) in [5.74, 6) is -1.92. The Morgan fingerprint density at radius 1 is 1.25 bits per heavy atom. The van der Waals surface area contributed by atoms with Crippen molar-refractivity contribution in [3.63, 3.8) is 0 Å². The average Bonchev–Trinajstić information content (AvgIpc) is 3.07. The van der Waals surface area contributed by atoms with Crippen LogP contribution in [0.2, 0.25) is 0 Å². The first-order valence-corrected chi connectivity index (χ1v) is 7.75. The number of carbonyl (C=O) groups is 1. The molecule has 24 heavy (non-hydrogen) atoms. The molecule has 1 aromatic heterocycles. The van der Waals surface area contributed by atoms with Crippen molar-refractivity contribution in [1.82, 2.24) is 19.6 Å². The number of hydrogen-bond donors (Lipinski definition) is 0. The summed E-state index contributed by atoms with van der Waals surface area (Å²) in [6.45, 7) is 3.14. The van der Waals surface area contributed by atoms with Crippen LogP contribution in [0.3, 0.4) is 0 Å². The first kappa shape index (κ1) is 18.1. The van der Waals surface area contributed by atoms with Gasteiger partial charge in [-0.1, -0.05) is 6.07 Å². The smallest absolute Gasteiger partial charge is 0.247 e. The number of halogens is 2. The standard InChI is InChI=1S/C17H22F2N4O/c1-13(23-8-4-7-20-23)17(24)22(10-9-21(2)3)12-14-5-6-15(18)16(19)11-14/h4-8,11,13H,9-10,12H2,1-3H3/t13-/m0/s1. The number of likely N-dealkylation sites (N-methyl/N-ethyl adjacent to an activating group) is 1. The maximum Gasteiger partial charge on any atom is 0.247 e. The monoisotopic (exact) mass is 336 g/mol. The molecule has 0 aliphatic heterocycles. The minimum absolute atomic E-state index is 0.120. The molecule has 1 amide bonds. The minimum Gasteiger partial charge on any atom is -0.335 e. The van der Waals surface area contributed by atoms with E-state index in [2.05, 4.69) is 5.10 Å².